The molecule has 1 aromatic rings. The fourth-order valence-corrected chi connectivity index (χ4v) is 2.66. The predicted molar refractivity (Wildman–Crippen MR) is 55.1 cm³/mol. The van der Waals surface area contributed by atoms with Crippen LogP contribution in [0, 0.1) is 0 Å². The number of aryl methyl sites for hydroxylation is 1. The summed E-state index contributed by atoms with van der Waals surface area (Å²) in [5, 5.41) is 9.28. The van der Waals surface area contributed by atoms with E-state index in [4.69, 9.17) is 0 Å². The number of fused-ring (bicyclic) bond motifs is 1. The number of aliphatic hydroxyl groups is 1. The van der Waals surface area contributed by atoms with Gasteiger partial charge in [-0.1, -0.05) is 24.3 Å². The van der Waals surface area contributed by atoms with Gasteiger partial charge >= 0.3 is 0 Å². The Bertz CT molecular complexity index is 344. The van der Waals surface area contributed by atoms with E-state index in [9.17, 15) is 5.11 Å². The summed E-state index contributed by atoms with van der Waals surface area (Å²) in [5.41, 5.74) is 2.98. The number of likely N-dealkylation sites (tertiary alicyclic amines) is 1. The minimum atomic E-state index is -0.0808. The summed E-state index contributed by atoms with van der Waals surface area (Å²) in [6.07, 6.45) is 2.35. The summed E-state index contributed by atoms with van der Waals surface area (Å²) in [7, 11) is 0. The maximum atomic E-state index is 9.28. The second-order valence-electron chi connectivity index (χ2n) is 4.36. The van der Waals surface area contributed by atoms with Crippen LogP contribution in [0.1, 0.15) is 23.6 Å². The lowest BCUT2D eigenvalue weighted by molar-refractivity contribution is -0.0251. The monoisotopic (exact) mass is 189 g/mol. The summed E-state index contributed by atoms with van der Waals surface area (Å²) >= 11 is 0. The van der Waals surface area contributed by atoms with Crippen LogP contribution in [-0.4, -0.2) is 29.2 Å². The van der Waals surface area contributed by atoms with Gasteiger partial charge in [-0.15, -0.1) is 0 Å². The zero-order chi connectivity index (χ0) is 9.54. The maximum Gasteiger partial charge on any atom is 0.0794 e. The Balaban J connectivity index is 1.84. The number of nitrogens with zero attached hydrogens (tertiary/aromatic N) is 1. The number of benzene rings is 1. The van der Waals surface area contributed by atoms with Crippen LogP contribution in [0.5, 0.6) is 0 Å². The number of rotatable bonds is 1. The molecule has 1 aliphatic carbocycles. The smallest absolute Gasteiger partial charge is 0.0794 e. The Morgan fingerprint density at radius 2 is 2.00 bits per heavy atom. The Morgan fingerprint density at radius 3 is 2.79 bits per heavy atom. The molecule has 0 aromatic heterocycles. The first-order valence-electron chi connectivity index (χ1n) is 5.34. The van der Waals surface area contributed by atoms with E-state index < -0.39 is 0 Å². The molecule has 2 heteroatoms. The van der Waals surface area contributed by atoms with E-state index >= 15 is 0 Å². The molecule has 1 fully saturated rings. The molecule has 1 unspecified atom stereocenters. The number of aliphatic hydroxyl groups excluding tert-OH is 1. The van der Waals surface area contributed by atoms with Crippen LogP contribution in [0.25, 0.3) is 0 Å². The van der Waals surface area contributed by atoms with Gasteiger partial charge in [0.25, 0.3) is 0 Å². The van der Waals surface area contributed by atoms with Gasteiger partial charge in [0.05, 0.1) is 6.10 Å². The van der Waals surface area contributed by atoms with Gasteiger partial charge in [-0.05, 0) is 24.0 Å². The SMILES string of the molecule is OC1CN(C2CCc3ccccc32)C1. The predicted octanol–water partition coefficient (Wildman–Crippen LogP) is 1.35. The highest BCUT2D eigenvalue weighted by molar-refractivity contribution is 5.34. The van der Waals surface area contributed by atoms with Crippen molar-refractivity contribution in [1.82, 2.24) is 4.90 Å². The van der Waals surface area contributed by atoms with Gasteiger partial charge in [0, 0.05) is 19.1 Å². The van der Waals surface area contributed by atoms with E-state index in [0.717, 1.165) is 13.1 Å². The summed E-state index contributed by atoms with van der Waals surface area (Å²) in [4.78, 5) is 2.39. The molecule has 1 aromatic carbocycles. The van der Waals surface area contributed by atoms with Crippen molar-refractivity contribution in [2.75, 3.05) is 13.1 Å². The third-order valence-electron chi connectivity index (χ3n) is 3.43. The van der Waals surface area contributed by atoms with Crippen molar-refractivity contribution in [2.24, 2.45) is 0 Å². The normalized spacial score (nSPS) is 27.4. The molecular weight excluding hydrogens is 174 g/mol. The van der Waals surface area contributed by atoms with Crippen LogP contribution in [0.2, 0.25) is 0 Å². The molecule has 1 heterocycles. The Morgan fingerprint density at radius 1 is 1.21 bits per heavy atom. The van der Waals surface area contributed by atoms with E-state index in [1.54, 1.807) is 0 Å². The first-order valence-corrected chi connectivity index (χ1v) is 5.34. The Labute approximate surface area is 84.2 Å². The molecule has 1 N–H and O–H groups in total. The Kier molecular flexibility index (Phi) is 1.85. The van der Waals surface area contributed by atoms with Gasteiger partial charge in [-0.2, -0.15) is 0 Å². The summed E-state index contributed by atoms with van der Waals surface area (Å²) in [6, 6.07) is 9.28. The molecular formula is C12H15NO. The van der Waals surface area contributed by atoms with E-state index in [0.29, 0.717) is 6.04 Å². The highest BCUT2D eigenvalue weighted by Gasteiger charge is 2.34. The van der Waals surface area contributed by atoms with Crippen LogP contribution in [0.15, 0.2) is 24.3 Å². The van der Waals surface area contributed by atoms with Crippen LogP contribution < -0.4 is 0 Å². The van der Waals surface area contributed by atoms with Crippen molar-refractivity contribution in [3.63, 3.8) is 0 Å². The number of β-amino-alcohol motifs (C(OH)–C–C–N with tert-alkyl or cyclic N) is 1. The van der Waals surface area contributed by atoms with Crippen molar-refractivity contribution in [3.8, 4) is 0 Å². The molecule has 2 nitrogen and oxygen atoms in total. The fourth-order valence-electron chi connectivity index (χ4n) is 2.66. The largest absolute Gasteiger partial charge is 0.390 e. The van der Waals surface area contributed by atoms with Crippen LogP contribution in [-0.2, 0) is 6.42 Å². The maximum absolute atomic E-state index is 9.28. The molecule has 2 aliphatic rings. The molecule has 0 radical (unpaired) electrons. The molecule has 1 aliphatic heterocycles. The minimum Gasteiger partial charge on any atom is -0.390 e. The van der Waals surface area contributed by atoms with Crippen molar-refractivity contribution in [2.45, 2.75) is 25.0 Å². The highest BCUT2D eigenvalue weighted by atomic mass is 16.3. The standard InChI is InChI=1S/C12H15NO/c14-10-7-13(8-10)12-6-5-9-3-1-2-4-11(9)12/h1-4,10,12,14H,5-8H2. The third kappa shape index (κ3) is 1.18. The zero-order valence-corrected chi connectivity index (χ0v) is 8.19. The van der Waals surface area contributed by atoms with Gasteiger partial charge in [-0.3, -0.25) is 4.90 Å². The van der Waals surface area contributed by atoms with Crippen molar-refractivity contribution in [3.05, 3.63) is 35.4 Å². The van der Waals surface area contributed by atoms with Gasteiger partial charge in [0.1, 0.15) is 0 Å². The van der Waals surface area contributed by atoms with Gasteiger partial charge in [0.15, 0.2) is 0 Å². The Hall–Kier alpha value is -0.860. The van der Waals surface area contributed by atoms with Crippen molar-refractivity contribution >= 4 is 0 Å². The lowest BCUT2D eigenvalue weighted by Gasteiger charge is -2.40. The van der Waals surface area contributed by atoms with Crippen LogP contribution in [0.3, 0.4) is 0 Å². The first-order chi connectivity index (χ1) is 6.84. The van der Waals surface area contributed by atoms with Crippen LogP contribution in [0.4, 0.5) is 0 Å². The molecule has 1 saturated heterocycles. The van der Waals surface area contributed by atoms with Crippen LogP contribution >= 0.6 is 0 Å². The second-order valence-corrected chi connectivity index (χ2v) is 4.36. The van der Waals surface area contributed by atoms with E-state index in [1.165, 1.54) is 24.0 Å². The molecule has 14 heavy (non-hydrogen) atoms. The number of hydrogen-bond acceptors (Lipinski definition) is 2. The summed E-state index contributed by atoms with van der Waals surface area (Å²) in [6.45, 7) is 1.72. The molecule has 0 spiro atoms. The average Bonchev–Trinajstić information content (AvgIpc) is 2.56. The zero-order valence-electron chi connectivity index (χ0n) is 8.19. The van der Waals surface area contributed by atoms with E-state index in [2.05, 4.69) is 29.2 Å². The quantitative estimate of drug-likeness (QED) is 0.721. The molecule has 1 atom stereocenters. The van der Waals surface area contributed by atoms with E-state index in [1.807, 2.05) is 0 Å². The molecule has 0 amide bonds. The minimum absolute atomic E-state index is 0.0808. The summed E-state index contributed by atoms with van der Waals surface area (Å²) in [5.74, 6) is 0. The molecule has 0 bridgehead atoms. The van der Waals surface area contributed by atoms with E-state index in [-0.39, 0.29) is 6.10 Å². The third-order valence-corrected chi connectivity index (χ3v) is 3.43. The fraction of sp³-hybridized carbons (Fsp3) is 0.500. The molecule has 0 saturated carbocycles. The van der Waals surface area contributed by atoms with Gasteiger partial charge < -0.3 is 5.11 Å². The molecule has 3 rings (SSSR count). The van der Waals surface area contributed by atoms with Crippen molar-refractivity contribution in [1.29, 1.82) is 0 Å². The second kappa shape index (κ2) is 3.07. The topological polar surface area (TPSA) is 23.5 Å². The number of hydrogen-bond donors (Lipinski definition) is 1. The van der Waals surface area contributed by atoms with Crippen molar-refractivity contribution < 1.29 is 5.11 Å². The molecule has 74 valence electrons. The summed E-state index contributed by atoms with van der Waals surface area (Å²) < 4.78 is 0. The van der Waals surface area contributed by atoms with Gasteiger partial charge in [0.2, 0.25) is 0 Å². The lowest BCUT2D eigenvalue weighted by Crippen LogP contribution is -2.51. The average molecular weight is 189 g/mol. The first kappa shape index (κ1) is 8.45. The van der Waals surface area contributed by atoms with Gasteiger partial charge in [-0.25, -0.2) is 0 Å². The highest BCUT2D eigenvalue weighted by Crippen LogP contribution is 2.37. The lowest BCUT2D eigenvalue weighted by atomic mass is 10.0.